The van der Waals surface area contributed by atoms with E-state index >= 15 is 0 Å². The van der Waals surface area contributed by atoms with Crippen LogP contribution in [0.4, 0.5) is 0 Å². The molecule has 3 aliphatic rings. The number of rotatable bonds is 14. The van der Waals surface area contributed by atoms with Crippen LogP contribution in [0, 0.1) is 5.92 Å². The summed E-state index contributed by atoms with van der Waals surface area (Å²) >= 11 is 0. The lowest BCUT2D eigenvalue weighted by atomic mass is 9.81. The zero-order chi connectivity index (χ0) is 35.7. The number of hydrogen-bond donors (Lipinski definition) is 12. The van der Waals surface area contributed by atoms with E-state index in [9.17, 15) is 29.7 Å². The fourth-order valence-electron chi connectivity index (χ4n) is 6.56. The maximum atomic E-state index is 11.4. The quantitative estimate of drug-likeness (QED) is 0.0841. The first-order chi connectivity index (χ1) is 21.9. The minimum absolute atomic E-state index is 0.0157. The molecule has 0 radical (unpaired) electrons. The van der Waals surface area contributed by atoms with E-state index in [1.807, 2.05) is 14.0 Å². The third-order valence-corrected chi connectivity index (χ3v) is 8.98. The van der Waals surface area contributed by atoms with Crippen molar-refractivity contribution < 1.29 is 64.3 Å². The van der Waals surface area contributed by atoms with Gasteiger partial charge in [0.2, 0.25) is 0 Å². The van der Waals surface area contributed by atoms with Crippen molar-refractivity contribution in [1.29, 1.82) is 0 Å². The van der Waals surface area contributed by atoms with Gasteiger partial charge in [-0.05, 0) is 65.7 Å². The zero-order valence-corrected chi connectivity index (χ0v) is 27.4. The van der Waals surface area contributed by atoms with E-state index in [1.165, 1.54) is 0 Å². The van der Waals surface area contributed by atoms with Gasteiger partial charge in [0.05, 0.1) is 31.6 Å². The number of hydrogen-bond acceptors (Lipinski definition) is 15. The van der Waals surface area contributed by atoms with Crippen molar-refractivity contribution in [3.05, 3.63) is 0 Å². The summed E-state index contributed by atoms with van der Waals surface area (Å²) in [5.41, 5.74) is 8.88. The van der Waals surface area contributed by atoms with Crippen molar-refractivity contribution in [2.45, 2.75) is 125 Å². The highest BCUT2D eigenvalue weighted by Crippen LogP contribution is 2.33. The van der Waals surface area contributed by atoms with Crippen molar-refractivity contribution in [3.63, 3.8) is 0 Å². The number of aliphatic hydroxyl groups excluding tert-OH is 2. The van der Waals surface area contributed by atoms with E-state index in [4.69, 9.17) is 46.1 Å². The van der Waals surface area contributed by atoms with Crippen LogP contribution in [-0.4, -0.2) is 160 Å². The molecule has 1 heterocycles. The molecule has 14 N–H and O–H groups in total. The van der Waals surface area contributed by atoms with Crippen LogP contribution in [0.5, 0.6) is 0 Å². The third-order valence-electron chi connectivity index (χ3n) is 8.98. The molecule has 3 fully saturated rings. The van der Waals surface area contributed by atoms with Crippen LogP contribution in [0.3, 0.4) is 0 Å². The van der Waals surface area contributed by atoms with Crippen LogP contribution in [0.2, 0.25) is 0 Å². The molecule has 0 bridgehead atoms. The van der Waals surface area contributed by atoms with Crippen molar-refractivity contribution in [1.82, 2.24) is 16.0 Å². The van der Waals surface area contributed by atoms with Crippen LogP contribution in [0.1, 0.15) is 52.4 Å². The average Bonchev–Trinajstić information content (AvgIpc) is 2.95. The van der Waals surface area contributed by atoms with Gasteiger partial charge in [0, 0.05) is 18.1 Å². The standard InChI is InChI=1S/C23H47N5O6.C6H8O7/c1-5-28-15-9-14(25)19(33-16-8-12(10-26-3)6-7-13(16)24)17(29)20(15)34-22-18(30)21(27-4)23(2,31)11-32-22;7-3(8)1-6(13,5(11)12)2-4(9)10/h12-22,26-31H,5-11,24-25H2,1-4H3;13H,1-2H2,(H,7,8)(H,9,10)(H,11,12)/t12-,13-,14+,15-,16+,17+,18+,19+,20+,21+,22+,23-;/m1./s1. The highest BCUT2D eigenvalue weighted by molar-refractivity contribution is 5.88. The summed E-state index contributed by atoms with van der Waals surface area (Å²) in [4.78, 5) is 30.5. The Balaban J connectivity index is 0.000000500. The molecule has 18 heteroatoms. The predicted molar refractivity (Wildman–Crippen MR) is 165 cm³/mol. The Morgan fingerprint density at radius 3 is 2.09 bits per heavy atom. The number of aliphatic hydroxyl groups is 4. The Labute approximate surface area is 274 Å². The molecule has 3 rings (SSSR count). The van der Waals surface area contributed by atoms with E-state index < -0.39 is 84.7 Å². The van der Waals surface area contributed by atoms with E-state index in [-0.39, 0.29) is 24.8 Å². The number of likely N-dealkylation sites (N-methyl/N-ethyl adjacent to an activating group) is 2. The molecule has 2 saturated carbocycles. The fourth-order valence-corrected chi connectivity index (χ4v) is 6.56. The molecular weight excluding hydrogens is 626 g/mol. The molecule has 1 aliphatic heterocycles. The van der Waals surface area contributed by atoms with Crippen LogP contribution >= 0.6 is 0 Å². The van der Waals surface area contributed by atoms with Gasteiger partial charge in [0.15, 0.2) is 11.9 Å². The minimum Gasteiger partial charge on any atom is -0.481 e. The summed E-state index contributed by atoms with van der Waals surface area (Å²) in [6.07, 6.45) is -3.83. The van der Waals surface area contributed by atoms with Gasteiger partial charge in [-0.15, -0.1) is 0 Å². The zero-order valence-electron chi connectivity index (χ0n) is 27.4. The second-order valence-electron chi connectivity index (χ2n) is 13.0. The van der Waals surface area contributed by atoms with Crippen LogP contribution in [0.15, 0.2) is 0 Å². The molecule has 0 aromatic heterocycles. The fraction of sp³-hybridized carbons (Fsp3) is 0.897. The lowest BCUT2D eigenvalue weighted by Crippen LogP contribution is -2.69. The normalized spacial score (nSPS) is 37.8. The first-order valence-electron chi connectivity index (χ1n) is 15.9. The van der Waals surface area contributed by atoms with Gasteiger partial charge in [-0.25, -0.2) is 4.79 Å². The number of nitrogens with one attached hydrogen (secondary N) is 3. The van der Waals surface area contributed by atoms with Gasteiger partial charge >= 0.3 is 17.9 Å². The Morgan fingerprint density at radius 2 is 1.57 bits per heavy atom. The maximum Gasteiger partial charge on any atom is 0.336 e. The van der Waals surface area contributed by atoms with Gasteiger partial charge < -0.3 is 77.4 Å². The lowest BCUT2D eigenvalue weighted by molar-refractivity contribution is -0.300. The molecular formula is C29H55N5O13. The first-order valence-corrected chi connectivity index (χ1v) is 15.9. The van der Waals surface area contributed by atoms with Gasteiger partial charge in [0.1, 0.15) is 30.0 Å². The Bertz CT molecular complexity index is 1010. The number of aliphatic carboxylic acids is 3. The van der Waals surface area contributed by atoms with Crippen molar-refractivity contribution in [2.24, 2.45) is 17.4 Å². The summed E-state index contributed by atoms with van der Waals surface area (Å²) in [5.74, 6) is -4.56. The molecule has 0 aromatic rings. The summed E-state index contributed by atoms with van der Waals surface area (Å²) < 4.78 is 18.3. The van der Waals surface area contributed by atoms with Crippen LogP contribution < -0.4 is 27.4 Å². The smallest absolute Gasteiger partial charge is 0.336 e. The Kier molecular flexibility index (Phi) is 15.8. The van der Waals surface area contributed by atoms with Crippen molar-refractivity contribution in [2.75, 3.05) is 33.8 Å². The molecule has 274 valence electrons. The molecule has 0 amide bonds. The average molecular weight is 682 g/mol. The number of nitrogens with two attached hydrogens (primary N) is 2. The van der Waals surface area contributed by atoms with Gasteiger partial charge in [-0.2, -0.15) is 0 Å². The summed E-state index contributed by atoms with van der Waals surface area (Å²) in [5, 5.41) is 76.1. The minimum atomic E-state index is -2.74. The van der Waals surface area contributed by atoms with Crippen molar-refractivity contribution >= 4 is 17.9 Å². The second kappa shape index (κ2) is 18.1. The maximum absolute atomic E-state index is 11.4. The molecule has 18 nitrogen and oxygen atoms in total. The Morgan fingerprint density at radius 1 is 0.957 bits per heavy atom. The predicted octanol–water partition coefficient (Wildman–Crippen LogP) is -3.65. The third kappa shape index (κ3) is 11.2. The largest absolute Gasteiger partial charge is 0.481 e. The Hall–Kier alpha value is -2.07. The molecule has 0 unspecified atom stereocenters. The van der Waals surface area contributed by atoms with Crippen molar-refractivity contribution in [3.8, 4) is 0 Å². The number of carboxylic acids is 3. The summed E-state index contributed by atoms with van der Waals surface area (Å²) in [6, 6.07) is -1.42. The number of ether oxygens (including phenoxy) is 3. The molecule has 0 spiro atoms. The molecule has 0 aromatic carbocycles. The van der Waals surface area contributed by atoms with Gasteiger partial charge in [-0.1, -0.05) is 6.92 Å². The van der Waals surface area contributed by atoms with Crippen LogP contribution in [0.25, 0.3) is 0 Å². The summed E-state index contributed by atoms with van der Waals surface area (Å²) in [6.45, 7) is 5.12. The van der Waals surface area contributed by atoms with Gasteiger partial charge in [-0.3, -0.25) is 9.59 Å². The molecule has 47 heavy (non-hydrogen) atoms. The highest BCUT2D eigenvalue weighted by atomic mass is 16.7. The molecule has 1 saturated heterocycles. The topological polar surface area (TPSA) is 309 Å². The monoisotopic (exact) mass is 681 g/mol. The SMILES string of the molecule is CCN[C@@H]1C[C@H](N)[C@H](O[C@H]2C[C@H](CNC)CC[C@H]2N)[C@H](O)[C@H]1O[C@@H]1OC[C@@](C)(O)[C@@H](NC)[C@@H]1O.O=C(O)CC(O)(CC(=O)O)C(=O)O. The lowest BCUT2D eigenvalue weighted by Gasteiger charge is -2.49. The van der Waals surface area contributed by atoms with Crippen LogP contribution in [-0.2, 0) is 28.6 Å². The highest BCUT2D eigenvalue weighted by Gasteiger charge is 2.51. The van der Waals surface area contributed by atoms with E-state index in [0.717, 1.165) is 25.8 Å². The summed E-state index contributed by atoms with van der Waals surface area (Å²) in [7, 11) is 3.60. The van der Waals surface area contributed by atoms with Gasteiger partial charge in [0.25, 0.3) is 0 Å². The second-order valence-corrected chi connectivity index (χ2v) is 13.0. The first kappa shape index (κ1) is 41.1. The number of carboxylic acid groups (broad SMARTS) is 3. The van der Waals surface area contributed by atoms with E-state index in [0.29, 0.717) is 18.9 Å². The molecule has 2 aliphatic carbocycles. The van der Waals surface area contributed by atoms with E-state index in [1.54, 1.807) is 14.0 Å². The van der Waals surface area contributed by atoms with E-state index in [2.05, 4.69) is 16.0 Å². The number of carbonyl (C=O) groups is 3. The molecule has 12 atom stereocenters.